The molecule has 2 aliphatic rings. The van der Waals surface area contributed by atoms with Gasteiger partial charge in [-0.15, -0.1) is 0 Å². The van der Waals surface area contributed by atoms with Crippen molar-refractivity contribution in [1.82, 2.24) is 24.6 Å². The Labute approximate surface area is 184 Å². The number of halogens is 4. The lowest BCUT2D eigenvalue weighted by Crippen LogP contribution is -2.45. The lowest BCUT2D eigenvalue weighted by atomic mass is 9.99. The van der Waals surface area contributed by atoms with E-state index in [1.54, 1.807) is 4.68 Å². The largest absolute Gasteiger partial charge is 0.332 e. The summed E-state index contributed by atoms with van der Waals surface area (Å²) in [6.07, 6.45) is -0.366. The standard InChI is InChI=1S/C19H20BrF3N6O2/c1-10-7-13-11(8-28(10)19(31)25-12-3-4-24-17(20)15(12)23)16-18(30)27(9-14(21)22)5-2-6-29(16)26-13/h3-4,10,14H,2,5-9H2,1H3,(H,24,25,31)/t10-/m1/s1. The molecule has 4 heterocycles. The first kappa shape index (κ1) is 21.6. The number of aromatic nitrogens is 3. The molecule has 0 spiro atoms. The van der Waals surface area contributed by atoms with Crippen molar-refractivity contribution in [3.8, 4) is 0 Å². The maximum Gasteiger partial charge on any atom is 0.322 e. The molecule has 0 bridgehead atoms. The first-order valence-corrected chi connectivity index (χ1v) is 10.6. The van der Waals surface area contributed by atoms with Crippen molar-refractivity contribution < 1.29 is 22.8 Å². The number of fused-ring (bicyclic) bond motifs is 3. The molecule has 0 saturated carbocycles. The van der Waals surface area contributed by atoms with Gasteiger partial charge in [0.1, 0.15) is 10.3 Å². The monoisotopic (exact) mass is 500 g/mol. The number of nitrogens with zero attached hydrogens (tertiary/aromatic N) is 5. The Kier molecular flexibility index (Phi) is 5.91. The molecule has 0 aliphatic carbocycles. The van der Waals surface area contributed by atoms with E-state index in [0.29, 0.717) is 30.6 Å². The average Bonchev–Trinajstić information content (AvgIpc) is 2.98. The summed E-state index contributed by atoms with van der Waals surface area (Å²) < 4.78 is 41.6. The summed E-state index contributed by atoms with van der Waals surface area (Å²) in [5, 5.41) is 7.05. The van der Waals surface area contributed by atoms with Gasteiger partial charge in [-0.2, -0.15) is 5.10 Å². The van der Waals surface area contributed by atoms with Crippen molar-refractivity contribution in [1.29, 1.82) is 0 Å². The molecule has 0 radical (unpaired) electrons. The maximum absolute atomic E-state index is 14.2. The molecule has 0 unspecified atom stereocenters. The van der Waals surface area contributed by atoms with Gasteiger partial charge in [-0.25, -0.2) is 22.9 Å². The summed E-state index contributed by atoms with van der Waals surface area (Å²) in [7, 11) is 0. The Morgan fingerprint density at radius 1 is 1.39 bits per heavy atom. The van der Waals surface area contributed by atoms with E-state index < -0.39 is 30.7 Å². The number of amides is 3. The molecular formula is C19H20BrF3N6O2. The molecule has 3 amide bonds. The van der Waals surface area contributed by atoms with Crippen LogP contribution in [-0.4, -0.2) is 62.1 Å². The zero-order valence-electron chi connectivity index (χ0n) is 16.6. The Morgan fingerprint density at radius 2 is 2.16 bits per heavy atom. The van der Waals surface area contributed by atoms with Crippen LogP contribution in [0.3, 0.4) is 0 Å². The number of nitrogens with one attached hydrogen (secondary N) is 1. The molecule has 0 fully saturated rings. The van der Waals surface area contributed by atoms with Gasteiger partial charge >= 0.3 is 6.03 Å². The number of alkyl halides is 2. The Bertz CT molecular complexity index is 1030. The molecule has 12 heteroatoms. The minimum Gasteiger partial charge on any atom is -0.332 e. The van der Waals surface area contributed by atoms with Crippen LogP contribution in [0.15, 0.2) is 16.9 Å². The highest BCUT2D eigenvalue weighted by Gasteiger charge is 2.36. The normalized spacial score (nSPS) is 18.6. The van der Waals surface area contributed by atoms with Gasteiger partial charge < -0.3 is 15.1 Å². The van der Waals surface area contributed by atoms with Gasteiger partial charge in [0.15, 0.2) is 5.82 Å². The SMILES string of the molecule is C[C@@H]1Cc2nn3c(c2CN1C(=O)Nc1ccnc(Br)c1F)C(=O)N(CC(F)F)CCC3. The third kappa shape index (κ3) is 4.12. The van der Waals surface area contributed by atoms with Crippen LogP contribution in [-0.2, 0) is 19.5 Å². The third-order valence-electron chi connectivity index (χ3n) is 5.48. The second-order valence-electron chi connectivity index (χ2n) is 7.57. The molecule has 0 aromatic carbocycles. The average molecular weight is 501 g/mol. The highest BCUT2D eigenvalue weighted by molar-refractivity contribution is 9.10. The molecule has 1 atom stereocenters. The van der Waals surface area contributed by atoms with Gasteiger partial charge in [-0.05, 0) is 35.3 Å². The van der Waals surface area contributed by atoms with Crippen molar-refractivity contribution >= 4 is 33.6 Å². The molecule has 8 nitrogen and oxygen atoms in total. The van der Waals surface area contributed by atoms with Crippen LogP contribution in [0.2, 0.25) is 0 Å². The third-order valence-corrected chi connectivity index (χ3v) is 6.03. The number of carbonyl (C=O) groups excluding carboxylic acids is 2. The van der Waals surface area contributed by atoms with Crippen LogP contribution in [0.25, 0.3) is 0 Å². The van der Waals surface area contributed by atoms with E-state index in [-0.39, 0.29) is 35.1 Å². The zero-order chi connectivity index (χ0) is 22.3. The van der Waals surface area contributed by atoms with Crippen LogP contribution in [0.4, 0.5) is 23.7 Å². The molecule has 2 aliphatic heterocycles. The van der Waals surface area contributed by atoms with E-state index in [0.717, 1.165) is 4.90 Å². The van der Waals surface area contributed by atoms with E-state index in [4.69, 9.17) is 0 Å². The number of hydrogen-bond donors (Lipinski definition) is 1. The second kappa shape index (κ2) is 8.48. The molecule has 1 N–H and O–H groups in total. The van der Waals surface area contributed by atoms with Gasteiger partial charge in [0.05, 0.1) is 24.5 Å². The Hall–Kier alpha value is -2.63. The van der Waals surface area contributed by atoms with E-state index >= 15 is 0 Å². The maximum atomic E-state index is 14.2. The van der Waals surface area contributed by atoms with Crippen molar-refractivity contribution in [2.45, 2.75) is 45.3 Å². The molecule has 2 aromatic rings. The Balaban J connectivity index is 1.61. The first-order valence-electron chi connectivity index (χ1n) is 9.79. The van der Waals surface area contributed by atoms with Crippen molar-refractivity contribution in [3.05, 3.63) is 39.6 Å². The van der Waals surface area contributed by atoms with Gasteiger partial charge in [-0.1, -0.05) is 0 Å². The topological polar surface area (TPSA) is 83.4 Å². The van der Waals surface area contributed by atoms with Crippen molar-refractivity contribution in [2.24, 2.45) is 0 Å². The lowest BCUT2D eigenvalue weighted by Gasteiger charge is -2.33. The quantitative estimate of drug-likeness (QED) is 0.655. The van der Waals surface area contributed by atoms with E-state index in [9.17, 15) is 22.8 Å². The number of aryl methyl sites for hydroxylation is 1. The molecule has 0 saturated heterocycles. The van der Waals surface area contributed by atoms with Crippen LogP contribution < -0.4 is 5.32 Å². The predicted molar refractivity (Wildman–Crippen MR) is 108 cm³/mol. The number of rotatable bonds is 3. The second-order valence-corrected chi connectivity index (χ2v) is 8.32. The first-order chi connectivity index (χ1) is 14.8. The van der Waals surface area contributed by atoms with Crippen molar-refractivity contribution in [2.75, 3.05) is 18.4 Å². The molecule has 4 rings (SSSR count). The number of urea groups is 1. The summed E-state index contributed by atoms with van der Waals surface area (Å²) in [6, 6.07) is 0.545. The summed E-state index contributed by atoms with van der Waals surface area (Å²) in [5.41, 5.74) is 1.45. The molecule has 31 heavy (non-hydrogen) atoms. The summed E-state index contributed by atoms with van der Waals surface area (Å²) in [4.78, 5) is 32.3. The van der Waals surface area contributed by atoms with Gasteiger partial charge in [0, 0.05) is 37.3 Å². The number of carbonyl (C=O) groups is 2. The van der Waals surface area contributed by atoms with Gasteiger partial charge in [-0.3, -0.25) is 9.48 Å². The van der Waals surface area contributed by atoms with E-state index in [1.165, 1.54) is 17.2 Å². The fourth-order valence-electron chi connectivity index (χ4n) is 3.97. The van der Waals surface area contributed by atoms with Gasteiger partial charge in [0.25, 0.3) is 12.3 Å². The lowest BCUT2D eigenvalue weighted by molar-refractivity contribution is 0.0557. The minimum absolute atomic E-state index is 0.0223. The highest BCUT2D eigenvalue weighted by Crippen LogP contribution is 2.29. The van der Waals surface area contributed by atoms with Gasteiger partial charge in [0.2, 0.25) is 0 Å². The predicted octanol–water partition coefficient (Wildman–Crippen LogP) is 3.27. The molecule has 166 valence electrons. The number of pyridine rings is 1. The number of anilines is 1. The smallest absolute Gasteiger partial charge is 0.322 e. The minimum atomic E-state index is -2.63. The Morgan fingerprint density at radius 3 is 2.90 bits per heavy atom. The van der Waals surface area contributed by atoms with E-state index in [1.807, 2.05) is 6.92 Å². The fourth-order valence-corrected chi connectivity index (χ4v) is 4.31. The number of hydrogen-bond acceptors (Lipinski definition) is 4. The summed E-state index contributed by atoms with van der Waals surface area (Å²) in [5.74, 6) is -1.20. The zero-order valence-corrected chi connectivity index (χ0v) is 18.2. The fraction of sp³-hybridized carbons (Fsp3) is 0.474. The van der Waals surface area contributed by atoms with E-state index in [2.05, 4.69) is 31.3 Å². The highest BCUT2D eigenvalue weighted by atomic mass is 79.9. The summed E-state index contributed by atoms with van der Waals surface area (Å²) >= 11 is 2.98. The van der Waals surface area contributed by atoms with Crippen molar-refractivity contribution in [3.63, 3.8) is 0 Å². The van der Waals surface area contributed by atoms with Crippen LogP contribution in [0, 0.1) is 5.82 Å². The van der Waals surface area contributed by atoms with Crippen LogP contribution in [0.1, 0.15) is 35.1 Å². The van der Waals surface area contributed by atoms with Crippen LogP contribution >= 0.6 is 15.9 Å². The van der Waals surface area contributed by atoms with Crippen LogP contribution in [0.5, 0.6) is 0 Å². The summed E-state index contributed by atoms with van der Waals surface area (Å²) in [6.45, 7) is 1.91. The molecular weight excluding hydrogens is 481 g/mol. The molecule has 2 aromatic heterocycles.